The average Bonchev–Trinajstić information content (AvgIpc) is 2.77. The number of carbonyl (C=O) groups is 1. The number of nitrogens with zero attached hydrogens (tertiary/aromatic N) is 2. The molecular formula is C14H21N3O3. The molecule has 20 heavy (non-hydrogen) atoms. The van der Waals surface area contributed by atoms with Gasteiger partial charge in [-0.3, -0.25) is 0 Å². The zero-order valence-corrected chi connectivity index (χ0v) is 12.4. The second-order valence-electron chi connectivity index (χ2n) is 6.52. The smallest absolute Gasteiger partial charge is 0.410 e. The Labute approximate surface area is 118 Å². The van der Waals surface area contributed by atoms with Gasteiger partial charge >= 0.3 is 6.09 Å². The van der Waals surface area contributed by atoms with Crippen molar-refractivity contribution in [2.75, 3.05) is 13.1 Å². The van der Waals surface area contributed by atoms with Gasteiger partial charge in [0, 0.05) is 13.1 Å². The molecule has 3 heterocycles. The van der Waals surface area contributed by atoms with Crippen molar-refractivity contribution in [2.24, 2.45) is 0 Å². The predicted octanol–water partition coefficient (Wildman–Crippen LogP) is 2.34. The Morgan fingerprint density at radius 2 is 2.15 bits per heavy atom. The highest BCUT2D eigenvalue weighted by atomic mass is 16.6. The minimum absolute atomic E-state index is 0.0667. The first-order chi connectivity index (χ1) is 9.33. The number of nitrogens with one attached hydrogen (secondary N) is 1. The molecule has 110 valence electrons. The molecular weight excluding hydrogens is 258 g/mol. The molecule has 1 aromatic heterocycles. The molecule has 6 nitrogen and oxygen atoms in total. The van der Waals surface area contributed by atoms with Crippen LogP contribution in [0.1, 0.15) is 56.9 Å². The SMILES string of the molecule is CC1OCc2[nH]c(C3CN(C(=O)OC(C)(C)C)C3)nc21. The Kier molecular flexibility index (Phi) is 3.01. The maximum atomic E-state index is 11.9. The van der Waals surface area contributed by atoms with Crippen molar-refractivity contribution in [3.05, 3.63) is 17.2 Å². The fourth-order valence-electron chi connectivity index (χ4n) is 2.50. The highest BCUT2D eigenvalue weighted by Gasteiger charge is 2.37. The van der Waals surface area contributed by atoms with Crippen molar-refractivity contribution in [3.8, 4) is 0 Å². The highest BCUT2D eigenvalue weighted by Crippen LogP contribution is 2.32. The normalized spacial score (nSPS) is 22.6. The fraction of sp³-hybridized carbons (Fsp3) is 0.714. The molecule has 0 bridgehead atoms. The van der Waals surface area contributed by atoms with E-state index in [1.54, 1.807) is 4.90 Å². The summed E-state index contributed by atoms with van der Waals surface area (Å²) in [5, 5.41) is 0. The first-order valence-corrected chi connectivity index (χ1v) is 7.01. The summed E-state index contributed by atoms with van der Waals surface area (Å²) in [7, 11) is 0. The standard InChI is InChI=1S/C14H21N3O3/c1-8-11-10(7-19-8)15-12(16-11)9-5-17(6-9)13(18)20-14(2,3)4/h8-9H,5-7H2,1-4H3,(H,15,16). The van der Waals surface area contributed by atoms with E-state index in [0.29, 0.717) is 19.7 Å². The Morgan fingerprint density at radius 1 is 1.45 bits per heavy atom. The van der Waals surface area contributed by atoms with Crippen LogP contribution in [0.15, 0.2) is 0 Å². The van der Waals surface area contributed by atoms with E-state index in [1.165, 1.54) is 0 Å². The Morgan fingerprint density at radius 3 is 2.75 bits per heavy atom. The van der Waals surface area contributed by atoms with Gasteiger partial charge in [-0.2, -0.15) is 0 Å². The maximum Gasteiger partial charge on any atom is 0.410 e. The van der Waals surface area contributed by atoms with E-state index in [1.807, 2.05) is 27.7 Å². The summed E-state index contributed by atoms with van der Waals surface area (Å²) in [6.07, 6.45) is -0.179. The van der Waals surface area contributed by atoms with Gasteiger partial charge in [-0.05, 0) is 27.7 Å². The minimum atomic E-state index is -0.444. The van der Waals surface area contributed by atoms with E-state index in [9.17, 15) is 4.79 Å². The summed E-state index contributed by atoms with van der Waals surface area (Å²) in [4.78, 5) is 21.5. The van der Waals surface area contributed by atoms with Crippen LogP contribution in [0.3, 0.4) is 0 Å². The van der Waals surface area contributed by atoms with Crippen molar-refractivity contribution < 1.29 is 14.3 Å². The molecule has 1 saturated heterocycles. The van der Waals surface area contributed by atoms with E-state index >= 15 is 0 Å². The van der Waals surface area contributed by atoms with Gasteiger partial charge in [0.15, 0.2) is 0 Å². The lowest BCUT2D eigenvalue weighted by Crippen LogP contribution is -2.50. The number of carbonyl (C=O) groups excluding carboxylic acids is 1. The monoisotopic (exact) mass is 279 g/mol. The lowest BCUT2D eigenvalue weighted by molar-refractivity contribution is 0.00740. The summed E-state index contributed by atoms with van der Waals surface area (Å²) in [6.45, 7) is 9.56. The lowest BCUT2D eigenvalue weighted by atomic mass is 10.0. The third-order valence-corrected chi connectivity index (χ3v) is 3.61. The molecule has 0 spiro atoms. The van der Waals surface area contributed by atoms with Crippen LogP contribution >= 0.6 is 0 Å². The third kappa shape index (κ3) is 2.40. The van der Waals surface area contributed by atoms with Crippen molar-refractivity contribution in [1.82, 2.24) is 14.9 Å². The molecule has 6 heteroatoms. The second-order valence-corrected chi connectivity index (χ2v) is 6.52. The van der Waals surface area contributed by atoms with Gasteiger partial charge < -0.3 is 19.4 Å². The largest absolute Gasteiger partial charge is 0.444 e. The van der Waals surface area contributed by atoms with E-state index < -0.39 is 5.60 Å². The quantitative estimate of drug-likeness (QED) is 0.856. The molecule has 2 aliphatic rings. The molecule has 1 amide bonds. The number of fused-ring (bicyclic) bond motifs is 1. The number of ether oxygens (including phenoxy) is 2. The van der Waals surface area contributed by atoms with Crippen LogP contribution in [0, 0.1) is 0 Å². The molecule has 0 aliphatic carbocycles. The zero-order chi connectivity index (χ0) is 14.5. The second kappa shape index (κ2) is 4.48. The number of likely N-dealkylation sites (tertiary alicyclic amines) is 1. The lowest BCUT2D eigenvalue weighted by Gasteiger charge is -2.38. The predicted molar refractivity (Wildman–Crippen MR) is 72.3 cm³/mol. The van der Waals surface area contributed by atoms with E-state index in [2.05, 4.69) is 9.97 Å². The highest BCUT2D eigenvalue weighted by molar-refractivity contribution is 5.69. The van der Waals surface area contributed by atoms with Crippen molar-refractivity contribution in [3.63, 3.8) is 0 Å². The van der Waals surface area contributed by atoms with Crippen LogP contribution in [0.2, 0.25) is 0 Å². The van der Waals surface area contributed by atoms with Crippen LogP contribution in [-0.4, -0.2) is 39.7 Å². The minimum Gasteiger partial charge on any atom is -0.444 e. The number of imidazole rings is 1. The van der Waals surface area contributed by atoms with Gasteiger partial charge in [0.05, 0.1) is 30.0 Å². The number of aromatic amines is 1. The summed E-state index contributed by atoms with van der Waals surface area (Å²) in [6, 6.07) is 0. The maximum absolute atomic E-state index is 11.9. The molecule has 1 atom stereocenters. The van der Waals surface area contributed by atoms with Gasteiger partial charge in [0.25, 0.3) is 0 Å². The number of hydrogen-bond acceptors (Lipinski definition) is 4. The molecule has 1 N–H and O–H groups in total. The van der Waals surface area contributed by atoms with Crippen LogP contribution in [0.25, 0.3) is 0 Å². The fourth-order valence-corrected chi connectivity index (χ4v) is 2.50. The number of rotatable bonds is 1. The van der Waals surface area contributed by atoms with Crippen LogP contribution in [0.4, 0.5) is 4.79 Å². The first kappa shape index (κ1) is 13.4. The molecule has 1 fully saturated rings. The average molecular weight is 279 g/mol. The molecule has 2 aliphatic heterocycles. The van der Waals surface area contributed by atoms with Gasteiger partial charge in [0.2, 0.25) is 0 Å². The van der Waals surface area contributed by atoms with Gasteiger partial charge in [-0.25, -0.2) is 9.78 Å². The van der Waals surface area contributed by atoms with E-state index in [4.69, 9.17) is 9.47 Å². The zero-order valence-electron chi connectivity index (χ0n) is 12.4. The third-order valence-electron chi connectivity index (χ3n) is 3.61. The topological polar surface area (TPSA) is 67.5 Å². The molecule has 0 saturated carbocycles. The number of aromatic nitrogens is 2. The van der Waals surface area contributed by atoms with Crippen molar-refractivity contribution >= 4 is 6.09 Å². The van der Waals surface area contributed by atoms with Gasteiger partial charge in [0.1, 0.15) is 11.4 Å². The van der Waals surface area contributed by atoms with Crippen LogP contribution in [-0.2, 0) is 16.1 Å². The van der Waals surface area contributed by atoms with E-state index in [0.717, 1.165) is 17.2 Å². The van der Waals surface area contributed by atoms with Crippen molar-refractivity contribution in [1.29, 1.82) is 0 Å². The summed E-state index contributed by atoms with van der Waals surface area (Å²) < 4.78 is 10.8. The Bertz CT molecular complexity index is 526. The number of hydrogen-bond donors (Lipinski definition) is 1. The number of H-pyrrole nitrogens is 1. The Hall–Kier alpha value is -1.56. The van der Waals surface area contributed by atoms with Crippen LogP contribution < -0.4 is 0 Å². The van der Waals surface area contributed by atoms with Crippen molar-refractivity contribution in [2.45, 2.75) is 51.9 Å². The molecule has 0 radical (unpaired) electrons. The summed E-state index contributed by atoms with van der Waals surface area (Å²) in [5.41, 5.74) is 1.64. The summed E-state index contributed by atoms with van der Waals surface area (Å²) >= 11 is 0. The van der Waals surface area contributed by atoms with Gasteiger partial charge in [-0.15, -0.1) is 0 Å². The molecule has 0 aromatic carbocycles. The Balaban J connectivity index is 1.58. The molecule has 1 aromatic rings. The number of amides is 1. The molecule has 3 rings (SSSR count). The van der Waals surface area contributed by atoms with E-state index in [-0.39, 0.29) is 18.1 Å². The van der Waals surface area contributed by atoms with Gasteiger partial charge in [-0.1, -0.05) is 0 Å². The summed E-state index contributed by atoms with van der Waals surface area (Å²) in [5.74, 6) is 1.24. The first-order valence-electron chi connectivity index (χ1n) is 7.01. The van der Waals surface area contributed by atoms with Crippen LogP contribution in [0.5, 0.6) is 0 Å². The molecule has 1 unspecified atom stereocenters.